The molecule has 4 amide bonds. The quantitative estimate of drug-likeness (QED) is 0.0695. The van der Waals surface area contributed by atoms with Crippen LogP contribution in [-0.4, -0.2) is 112 Å². The van der Waals surface area contributed by atoms with Gasteiger partial charge in [-0.3, -0.25) is 34.2 Å². The minimum atomic E-state index is -1.22. The number of carbonyl (C=O) groups excluding carboxylic acids is 5. The predicted molar refractivity (Wildman–Crippen MR) is 205 cm³/mol. The Morgan fingerprint density at radius 2 is 1.72 bits per heavy atom. The molecule has 4 aromatic rings. The SMILES string of the molecule is N#Cc1cnc2c(cnn2-c2cc(NC3CC3)c(C(=O)CCC(F)CCOCCOCCOCCCc3cccc4c3C(=O)N(C3CCC(=O)NC3=O)C4=O)cn2)c1. The number of aryl methyl sites for hydroxylation is 1. The highest BCUT2D eigenvalue weighted by Crippen LogP contribution is 2.31. The molecule has 58 heavy (non-hydrogen) atoms. The van der Waals surface area contributed by atoms with Gasteiger partial charge in [-0.2, -0.15) is 15.0 Å². The summed E-state index contributed by atoms with van der Waals surface area (Å²) in [6.45, 7) is 1.84. The summed E-state index contributed by atoms with van der Waals surface area (Å²) in [5, 5.41) is 19.8. The molecule has 2 aliphatic heterocycles. The molecule has 7 rings (SSSR count). The molecular weight excluding hydrogens is 751 g/mol. The number of hydrogen-bond acceptors (Lipinski definition) is 13. The summed E-state index contributed by atoms with van der Waals surface area (Å²) in [6, 6.07) is 9.82. The minimum absolute atomic E-state index is 0.0162. The molecule has 0 bridgehead atoms. The number of nitrogens with zero attached hydrogens (tertiary/aromatic N) is 6. The van der Waals surface area contributed by atoms with Crippen LogP contribution in [0.1, 0.15) is 93.6 Å². The van der Waals surface area contributed by atoms with Crippen molar-refractivity contribution in [3.8, 4) is 11.9 Å². The molecule has 2 fully saturated rings. The van der Waals surface area contributed by atoms with Gasteiger partial charge in [0.1, 0.15) is 18.3 Å². The van der Waals surface area contributed by atoms with Crippen molar-refractivity contribution in [3.63, 3.8) is 0 Å². The summed E-state index contributed by atoms with van der Waals surface area (Å²) in [6.07, 6.45) is 6.79. The Bertz CT molecular complexity index is 2250. The number of hydrogen-bond donors (Lipinski definition) is 2. The van der Waals surface area contributed by atoms with Gasteiger partial charge in [0.25, 0.3) is 11.8 Å². The van der Waals surface area contributed by atoms with Gasteiger partial charge in [-0.15, -0.1) is 0 Å². The minimum Gasteiger partial charge on any atom is -0.382 e. The van der Waals surface area contributed by atoms with Gasteiger partial charge in [0.15, 0.2) is 17.2 Å². The Balaban J connectivity index is 0.757. The Hall–Kier alpha value is -5.96. The van der Waals surface area contributed by atoms with E-state index in [0.717, 1.165) is 17.7 Å². The zero-order valence-electron chi connectivity index (χ0n) is 31.8. The number of amides is 4. The monoisotopic (exact) mass is 794 g/mol. The second-order valence-electron chi connectivity index (χ2n) is 14.4. The normalized spacial score (nSPS) is 17.0. The average molecular weight is 795 g/mol. The lowest BCUT2D eigenvalue weighted by atomic mass is 9.99. The number of aromatic nitrogens is 4. The van der Waals surface area contributed by atoms with Crippen molar-refractivity contribution < 1.29 is 42.6 Å². The highest BCUT2D eigenvalue weighted by Gasteiger charge is 2.45. The lowest BCUT2D eigenvalue weighted by Crippen LogP contribution is -2.54. The van der Waals surface area contributed by atoms with E-state index in [0.29, 0.717) is 84.1 Å². The zero-order valence-corrected chi connectivity index (χ0v) is 31.8. The van der Waals surface area contributed by atoms with E-state index in [4.69, 9.17) is 14.2 Å². The Kier molecular flexibility index (Phi) is 12.9. The number of halogens is 1. The molecule has 17 heteroatoms. The average Bonchev–Trinajstić information content (AvgIpc) is 3.88. The molecule has 1 saturated carbocycles. The number of pyridine rings is 2. The first-order chi connectivity index (χ1) is 28.2. The molecule has 0 radical (unpaired) electrons. The number of imide groups is 2. The number of nitrogens with one attached hydrogen (secondary N) is 2. The van der Waals surface area contributed by atoms with Crippen molar-refractivity contribution in [3.05, 3.63) is 76.7 Å². The lowest BCUT2D eigenvalue weighted by Gasteiger charge is -2.27. The zero-order chi connectivity index (χ0) is 40.6. The van der Waals surface area contributed by atoms with E-state index in [9.17, 15) is 33.6 Å². The number of carbonyl (C=O) groups is 5. The van der Waals surface area contributed by atoms with E-state index in [-0.39, 0.29) is 62.7 Å². The van der Waals surface area contributed by atoms with Gasteiger partial charge in [-0.1, -0.05) is 12.1 Å². The third kappa shape index (κ3) is 9.42. The van der Waals surface area contributed by atoms with Crippen LogP contribution >= 0.6 is 0 Å². The van der Waals surface area contributed by atoms with Crippen molar-refractivity contribution in [1.82, 2.24) is 30.0 Å². The van der Waals surface area contributed by atoms with Gasteiger partial charge < -0.3 is 19.5 Å². The third-order valence-corrected chi connectivity index (χ3v) is 10.2. The molecule has 302 valence electrons. The molecule has 2 unspecified atom stereocenters. The molecule has 16 nitrogen and oxygen atoms in total. The molecule has 2 atom stereocenters. The number of ether oxygens (including phenoxy) is 3. The van der Waals surface area contributed by atoms with Crippen molar-refractivity contribution in [2.75, 3.05) is 45.0 Å². The summed E-state index contributed by atoms with van der Waals surface area (Å²) in [4.78, 5) is 73.2. The van der Waals surface area contributed by atoms with Crippen LogP contribution in [0.2, 0.25) is 0 Å². The largest absolute Gasteiger partial charge is 0.382 e. The number of anilines is 1. The van der Waals surface area contributed by atoms with Crippen LogP contribution in [0.15, 0.2) is 48.9 Å². The van der Waals surface area contributed by atoms with E-state index < -0.39 is 35.8 Å². The Labute approximate surface area is 333 Å². The van der Waals surface area contributed by atoms with Crippen molar-refractivity contribution >= 4 is 46.1 Å². The van der Waals surface area contributed by atoms with Crippen LogP contribution in [0.3, 0.4) is 0 Å². The number of rotatable bonds is 21. The highest BCUT2D eigenvalue weighted by atomic mass is 19.1. The summed E-state index contributed by atoms with van der Waals surface area (Å²) < 4.78 is 33.0. The van der Waals surface area contributed by atoms with Gasteiger partial charge in [0.05, 0.1) is 60.6 Å². The van der Waals surface area contributed by atoms with Gasteiger partial charge in [0.2, 0.25) is 11.8 Å². The first-order valence-corrected chi connectivity index (χ1v) is 19.5. The van der Waals surface area contributed by atoms with E-state index >= 15 is 0 Å². The molecule has 3 aliphatic rings. The fourth-order valence-electron chi connectivity index (χ4n) is 6.98. The first kappa shape index (κ1) is 40.2. The van der Waals surface area contributed by atoms with E-state index in [1.165, 1.54) is 12.4 Å². The molecule has 0 spiro atoms. The number of piperidine rings is 1. The van der Waals surface area contributed by atoms with Gasteiger partial charge in [0, 0.05) is 62.4 Å². The number of alkyl halides is 1. The van der Waals surface area contributed by atoms with E-state index in [1.807, 2.05) is 0 Å². The number of Topliss-reactive ketones (excluding diaryl/α,β-unsaturated/α-hetero) is 1. The number of fused-ring (bicyclic) bond motifs is 2. The van der Waals surface area contributed by atoms with Gasteiger partial charge >= 0.3 is 0 Å². The summed E-state index contributed by atoms with van der Waals surface area (Å²) in [5.74, 6) is -1.87. The second kappa shape index (κ2) is 18.5. The summed E-state index contributed by atoms with van der Waals surface area (Å²) >= 11 is 0. The maximum absolute atomic E-state index is 14.8. The van der Waals surface area contributed by atoms with Crippen LogP contribution in [0.5, 0.6) is 0 Å². The molecule has 1 aromatic carbocycles. The van der Waals surface area contributed by atoms with Crippen LogP contribution < -0.4 is 10.6 Å². The second-order valence-corrected chi connectivity index (χ2v) is 14.4. The van der Waals surface area contributed by atoms with Crippen molar-refractivity contribution in [2.45, 2.75) is 76.0 Å². The van der Waals surface area contributed by atoms with Crippen LogP contribution in [0.25, 0.3) is 16.9 Å². The fourth-order valence-corrected chi connectivity index (χ4v) is 6.98. The van der Waals surface area contributed by atoms with Crippen LogP contribution in [0.4, 0.5) is 10.1 Å². The topological polar surface area (TPSA) is 208 Å². The summed E-state index contributed by atoms with van der Waals surface area (Å²) in [7, 11) is 0. The molecule has 1 saturated heterocycles. The van der Waals surface area contributed by atoms with Crippen molar-refractivity contribution in [1.29, 1.82) is 5.26 Å². The van der Waals surface area contributed by atoms with Gasteiger partial charge in [-0.25, -0.2) is 14.4 Å². The van der Waals surface area contributed by atoms with Crippen molar-refractivity contribution in [2.24, 2.45) is 0 Å². The van der Waals surface area contributed by atoms with E-state index in [2.05, 4.69) is 31.8 Å². The number of ketones is 1. The molecule has 3 aromatic heterocycles. The Morgan fingerprint density at radius 3 is 2.48 bits per heavy atom. The first-order valence-electron chi connectivity index (χ1n) is 19.5. The molecule has 1 aliphatic carbocycles. The Morgan fingerprint density at radius 1 is 0.948 bits per heavy atom. The summed E-state index contributed by atoms with van der Waals surface area (Å²) in [5.41, 5.74) is 3.21. The maximum Gasteiger partial charge on any atom is 0.262 e. The highest BCUT2D eigenvalue weighted by molar-refractivity contribution is 6.24. The number of benzene rings is 1. The van der Waals surface area contributed by atoms with Crippen LogP contribution in [-0.2, 0) is 30.2 Å². The van der Waals surface area contributed by atoms with Gasteiger partial charge in [-0.05, 0) is 56.2 Å². The van der Waals surface area contributed by atoms with E-state index in [1.54, 1.807) is 41.2 Å². The molecule has 5 heterocycles. The predicted octanol–water partition coefficient (Wildman–Crippen LogP) is 4.04. The number of nitriles is 1. The fraction of sp³-hybridized carbons (Fsp3) is 0.439. The standard InChI is InChI=1S/C41H43FN8O8/c42-28(6-10-34(51)31-24-44-35(20-32(31)47-29-7-8-29)50-38-27(23-46-50)19-25(21-43)22-45-38)12-14-57-16-18-58-17-15-56-13-2-4-26-3-1-5-30-37(26)41(55)49(40(30)54)33-9-11-36(52)48-39(33)53/h1,3,5,19-20,22-24,28-29,33H,2,4,6-18H2,(H,44,47)(H,48,52,53). The molecular formula is C41H43FN8O8. The smallest absolute Gasteiger partial charge is 0.262 e. The third-order valence-electron chi connectivity index (χ3n) is 10.2. The lowest BCUT2D eigenvalue weighted by molar-refractivity contribution is -0.136. The maximum atomic E-state index is 14.8. The van der Waals surface area contributed by atoms with Crippen LogP contribution in [0, 0.1) is 11.3 Å². The molecule has 2 N–H and O–H groups in total.